The highest BCUT2D eigenvalue weighted by Gasteiger charge is 2.26. The molecule has 21 heavy (non-hydrogen) atoms. The van der Waals surface area contributed by atoms with Crippen molar-refractivity contribution < 1.29 is 9.90 Å². The van der Waals surface area contributed by atoms with Crippen LogP contribution in [0.5, 0.6) is 0 Å². The molecule has 1 aromatic rings. The minimum absolute atomic E-state index is 0.450. The summed E-state index contributed by atoms with van der Waals surface area (Å²) >= 11 is 0. The van der Waals surface area contributed by atoms with E-state index in [0.717, 1.165) is 24.2 Å². The molecule has 0 amide bonds. The summed E-state index contributed by atoms with van der Waals surface area (Å²) in [6.45, 7) is 7.34. The third-order valence-electron chi connectivity index (χ3n) is 4.40. The van der Waals surface area contributed by atoms with Gasteiger partial charge in [-0.2, -0.15) is 0 Å². The summed E-state index contributed by atoms with van der Waals surface area (Å²) in [6.07, 6.45) is 5.99. The largest absolute Gasteiger partial charge is 0.478 e. The van der Waals surface area contributed by atoms with Crippen LogP contribution in [0.15, 0.2) is 18.2 Å². The minimum Gasteiger partial charge on any atom is -0.478 e. The number of benzene rings is 1. The zero-order valence-corrected chi connectivity index (χ0v) is 13.4. The van der Waals surface area contributed by atoms with Crippen LogP contribution in [0.25, 0.3) is 0 Å². The monoisotopic (exact) mass is 289 g/mol. The molecule has 0 unspecified atom stereocenters. The topological polar surface area (TPSA) is 40.5 Å². The van der Waals surface area contributed by atoms with Gasteiger partial charge in [0.25, 0.3) is 0 Å². The van der Waals surface area contributed by atoms with Crippen molar-refractivity contribution in [2.24, 2.45) is 5.92 Å². The molecule has 0 aromatic heterocycles. The van der Waals surface area contributed by atoms with Crippen LogP contribution in [0.2, 0.25) is 0 Å². The molecule has 1 aliphatic carbocycles. The van der Waals surface area contributed by atoms with Gasteiger partial charge in [0, 0.05) is 12.6 Å². The van der Waals surface area contributed by atoms with Crippen LogP contribution in [0.3, 0.4) is 0 Å². The molecule has 2 rings (SSSR count). The van der Waals surface area contributed by atoms with Gasteiger partial charge < -0.3 is 10.0 Å². The average molecular weight is 289 g/mol. The van der Waals surface area contributed by atoms with Crippen LogP contribution in [-0.2, 0) is 0 Å². The van der Waals surface area contributed by atoms with Crippen molar-refractivity contribution in [1.29, 1.82) is 0 Å². The second-order valence-electron chi connectivity index (χ2n) is 6.64. The van der Waals surface area contributed by atoms with Gasteiger partial charge in [-0.05, 0) is 44.2 Å². The minimum atomic E-state index is -0.818. The Labute approximate surface area is 128 Å². The fraction of sp³-hybridized carbons (Fsp3) is 0.611. The Balaban J connectivity index is 2.32. The number of carbonyl (C=O) groups is 1. The first-order chi connectivity index (χ1) is 9.99. The van der Waals surface area contributed by atoms with Crippen LogP contribution < -0.4 is 4.90 Å². The summed E-state index contributed by atoms with van der Waals surface area (Å²) in [4.78, 5) is 14.0. The molecule has 116 valence electrons. The summed E-state index contributed by atoms with van der Waals surface area (Å²) in [5.74, 6) is -0.186. The zero-order chi connectivity index (χ0) is 15.4. The number of hydrogen-bond donors (Lipinski definition) is 1. The smallest absolute Gasteiger partial charge is 0.337 e. The molecule has 0 radical (unpaired) electrons. The molecule has 0 heterocycles. The lowest BCUT2D eigenvalue weighted by atomic mass is 10.0. The first-order valence-electron chi connectivity index (χ1n) is 8.09. The normalized spacial score (nSPS) is 15.6. The molecule has 0 saturated heterocycles. The van der Waals surface area contributed by atoms with Crippen molar-refractivity contribution in [3.05, 3.63) is 29.3 Å². The Kier molecular flexibility index (Phi) is 5.27. The van der Waals surface area contributed by atoms with E-state index in [9.17, 15) is 9.90 Å². The number of carboxylic acids is 1. The van der Waals surface area contributed by atoms with Gasteiger partial charge in [0.2, 0.25) is 0 Å². The summed E-state index contributed by atoms with van der Waals surface area (Å²) < 4.78 is 0. The first kappa shape index (κ1) is 15.9. The summed E-state index contributed by atoms with van der Waals surface area (Å²) in [5.41, 5.74) is 2.36. The number of nitrogens with zero attached hydrogens (tertiary/aromatic N) is 1. The number of aryl methyl sites for hydroxylation is 1. The molecule has 0 aliphatic heterocycles. The van der Waals surface area contributed by atoms with Crippen LogP contribution in [-0.4, -0.2) is 23.7 Å². The molecule has 1 N–H and O–H groups in total. The lowest BCUT2D eigenvalue weighted by molar-refractivity contribution is 0.0697. The first-order valence-corrected chi connectivity index (χ1v) is 8.09. The van der Waals surface area contributed by atoms with Crippen molar-refractivity contribution in [3.63, 3.8) is 0 Å². The quantitative estimate of drug-likeness (QED) is 0.839. The van der Waals surface area contributed by atoms with Crippen LogP contribution in [0.4, 0.5) is 5.69 Å². The van der Waals surface area contributed by atoms with Gasteiger partial charge in [-0.25, -0.2) is 4.79 Å². The number of aromatic carboxylic acids is 1. The third kappa shape index (κ3) is 3.99. The molecule has 3 heteroatoms. The molecule has 1 fully saturated rings. The Bertz CT molecular complexity index is 490. The van der Waals surface area contributed by atoms with Gasteiger partial charge in [-0.3, -0.25) is 0 Å². The molecular weight excluding hydrogens is 262 g/mol. The Morgan fingerprint density at radius 1 is 1.33 bits per heavy atom. The van der Waals surface area contributed by atoms with E-state index in [1.54, 1.807) is 6.07 Å². The fourth-order valence-corrected chi connectivity index (χ4v) is 3.18. The standard InChI is InChI=1S/C18H27NO2/c1-13(2)10-11-19(15-6-4-5-7-15)17-9-8-14(3)12-16(17)18(20)21/h8-9,12-13,15H,4-7,10-11H2,1-3H3,(H,20,21). The number of anilines is 1. The number of carboxylic acid groups (broad SMARTS) is 1. The Hall–Kier alpha value is -1.51. The molecule has 1 saturated carbocycles. The van der Waals surface area contributed by atoms with Gasteiger partial charge in [0.05, 0.1) is 11.3 Å². The van der Waals surface area contributed by atoms with E-state index in [4.69, 9.17) is 0 Å². The van der Waals surface area contributed by atoms with Crippen LogP contribution in [0, 0.1) is 12.8 Å². The number of hydrogen-bond acceptors (Lipinski definition) is 2. The van der Waals surface area contributed by atoms with E-state index in [0.29, 0.717) is 17.5 Å². The Morgan fingerprint density at radius 2 is 2.00 bits per heavy atom. The predicted octanol–water partition coefficient (Wildman–Crippen LogP) is 4.49. The SMILES string of the molecule is Cc1ccc(N(CCC(C)C)C2CCCC2)c(C(=O)O)c1. The second-order valence-corrected chi connectivity index (χ2v) is 6.64. The second kappa shape index (κ2) is 6.97. The molecule has 3 nitrogen and oxygen atoms in total. The molecule has 1 aliphatic rings. The molecular formula is C18H27NO2. The highest BCUT2D eigenvalue weighted by molar-refractivity contribution is 5.94. The van der Waals surface area contributed by atoms with Crippen LogP contribution >= 0.6 is 0 Å². The van der Waals surface area contributed by atoms with E-state index in [1.165, 1.54) is 25.7 Å². The van der Waals surface area contributed by atoms with Crippen molar-refractivity contribution >= 4 is 11.7 Å². The van der Waals surface area contributed by atoms with E-state index in [-0.39, 0.29) is 0 Å². The van der Waals surface area contributed by atoms with E-state index in [2.05, 4.69) is 18.7 Å². The highest BCUT2D eigenvalue weighted by Crippen LogP contribution is 2.31. The van der Waals surface area contributed by atoms with E-state index < -0.39 is 5.97 Å². The van der Waals surface area contributed by atoms with Gasteiger partial charge in [-0.15, -0.1) is 0 Å². The summed E-state index contributed by atoms with van der Waals surface area (Å²) in [7, 11) is 0. The fourth-order valence-electron chi connectivity index (χ4n) is 3.18. The zero-order valence-electron chi connectivity index (χ0n) is 13.4. The van der Waals surface area contributed by atoms with Crippen molar-refractivity contribution in [2.75, 3.05) is 11.4 Å². The molecule has 0 bridgehead atoms. The summed E-state index contributed by atoms with van der Waals surface area (Å²) in [6, 6.07) is 6.33. The maximum absolute atomic E-state index is 11.6. The molecule has 0 atom stereocenters. The lowest BCUT2D eigenvalue weighted by Gasteiger charge is -2.33. The Morgan fingerprint density at radius 3 is 2.57 bits per heavy atom. The maximum Gasteiger partial charge on any atom is 0.337 e. The van der Waals surface area contributed by atoms with Gasteiger partial charge in [0.15, 0.2) is 0 Å². The predicted molar refractivity (Wildman–Crippen MR) is 87.2 cm³/mol. The van der Waals surface area contributed by atoms with E-state index >= 15 is 0 Å². The average Bonchev–Trinajstić information content (AvgIpc) is 2.93. The van der Waals surface area contributed by atoms with Crippen LogP contribution in [0.1, 0.15) is 61.9 Å². The maximum atomic E-state index is 11.6. The van der Waals surface area contributed by atoms with Gasteiger partial charge in [-0.1, -0.05) is 38.3 Å². The van der Waals surface area contributed by atoms with Gasteiger partial charge in [0.1, 0.15) is 0 Å². The highest BCUT2D eigenvalue weighted by atomic mass is 16.4. The van der Waals surface area contributed by atoms with Crippen molar-refractivity contribution in [1.82, 2.24) is 0 Å². The van der Waals surface area contributed by atoms with Crippen molar-refractivity contribution in [3.8, 4) is 0 Å². The van der Waals surface area contributed by atoms with Gasteiger partial charge >= 0.3 is 5.97 Å². The molecule has 1 aromatic carbocycles. The summed E-state index contributed by atoms with van der Waals surface area (Å²) in [5, 5.41) is 9.53. The van der Waals surface area contributed by atoms with E-state index in [1.807, 2.05) is 19.1 Å². The van der Waals surface area contributed by atoms with Crippen molar-refractivity contribution in [2.45, 2.75) is 58.9 Å². The third-order valence-corrected chi connectivity index (χ3v) is 4.40. The lowest BCUT2D eigenvalue weighted by Crippen LogP contribution is -2.36. The number of rotatable bonds is 6. The molecule has 0 spiro atoms.